The van der Waals surface area contributed by atoms with Crippen molar-refractivity contribution in [1.29, 1.82) is 0 Å². The van der Waals surface area contributed by atoms with Crippen LogP contribution in [-0.4, -0.2) is 29.4 Å². The van der Waals surface area contributed by atoms with Crippen molar-refractivity contribution in [1.82, 2.24) is 29.4 Å². The van der Waals surface area contributed by atoms with Crippen molar-refractivity contribution in [2.75, 3.05) is 5.73 Å². The Hall–Kier alpha value is -2.44. The van der Waals surface area contributed by atoms with E-state index in [1.165, 1.54) is 6.33 Å². The zero-order valence-corrected chi connectivity index (χ0v) is 10.4. The molecule has 0 amide bonds. The summed E-state index contributed by atoms with van der Waals surface area (Å²) in [5.41, 5.74) is 9.19. The average molecular weight is 243 g/mol. The van der Waals surface area contributed by atoms with E-state index in [0.29, 0.717) is 11.5 Å². The minimum absolute atomic E-state index is 0.552. The lowest BCUT2D eigenvalue weighted by molar-refractivity contribution is 0.752. The van der Waals surface area contributed by atoms with Crippen LogP contribution in [-0.2, 0) is 0 Å². The summed E-state index contributed by atoms with van der Waals surface area (Å²) in [6.07, 6.45) is 1.47. The molecule has 0 saturated heterocycles. The molecule has 2 N–H and O–H groups in total. The predicted molar refractivity (Wildman–Crippen MR) is 66.5 cm³/mol. The third kappa shape index (κ3) is 1.37. The Morgan fingerprint density at radius 2 is 2.00 bits per heavy atom. The second kappa shape index (κ2) is 3.52. The van der Waals surface area contributed by atoms with E-state index < -0.39 is 0 Å². The van der Waals surface area contributed by atoms with Crippen molar-refractivity contribution in [3.8, 4) is 5.82 Å². The number of rotatable bonds is 1. The number of hydrogen-bond donors (Lipinski definition) is 1. The SMILES string of the molecule is Cc1cc(-n2nc(C)c(N)c2C)n2ncnc2n1. The molecule has 7 heteroatoms. The first-order valence-electron chi connectivity index (χ1n) is 5.57. The van der Waals surface area contributed by atoms with E-state index in [4.69, 9.17) is 5.73 Å². The monoisotopic (exact) mass is 243 g/mol. The number of anilines is 1. The Kier molecular flexibility index (Phi) is 2.09. The van der Waals surface area contributed by atoms with Gasteiger partial charge in [0.15, 0.2) is 5.82 Å². The highest BCUT2D eigenvalue weighted by Gasteiger charge is 2.14. The first-order valence-corrected chi connectivity index (χ1v) is 5.57. The molecule has 3 aromatic rings. The first kappa shape index (κ1) is 10.7. The Morgan fingerprint density at radius 1 is 1.22 bits per heavy atom. The molecule has 0 aliphatic heterocycles. The molecular weight excluding hydrogens is 230 g/mol. The molecule has 3 aromatic heterocycles. The third-order valence-electron chi connectivity index (χ3n) is 2.93. The summed E-state index contributed by atoms with van der Waals surface area (Å²) in [5, 5.41) is 8.58. The van der Waals surface area contributed by atoms with Gasteiger partial charge >= 0.3 is 0 Å². The fourth-order valence-corrected chi connectivity index (χ4v) is 1.94. The van der Waals surface area contributed by atoms with Crippen LogP contribution >= 0.6 is 0 Å². The summed E-state index contributed by atoms with van der Waals surface area (Å²) >= 11 is 0. The van der Waals surface area contributed by atoms with E-state index in [9.17, 15) is 0 Å². The fraction of sp³-hybridized carbons (Fsp3) is 0.273. The summed E-state index contributed by atoms with van der Waals surface area (Å²) in [6, 6.07) is 1.90. The number of nitrogens with zero attached hydrogens (tertiary/aromatic N) is 6. The van der Waals surface area contributed by atoms with E-state index in [0.717, 1.165) is 22.9 Å². The highest BCUT2D eigenvalue weighted by Crippen LogP contribution is 2.19. The second-order valence-corrected chi connectivity index (χ2v) is 4.22. The molecule has 0 aliphatic rings. The van der Waals surface area contributed by atoms with Crippen LogP contribution in [0.4, 0.5) is 5.69 Å². The number of aromatic nitrogens is 6. The molecular formula is C11H13N7. The van der Waals surface area contributed by atoms with E-state index in [-0.39, 0.29) is 0 Å². The molecule has 92 valence electrons. The molecule has 3 heterocycles. The third-order valence-corrected chi connectivity index (χ3v) is 2.93. The topological polar surface area (TPSA) is 86.9 Å². The lowest BCUT2D eigenvalue weighted by atomic mass is 10.3. The fourth-order valence-electron chi connectivity index (χ4n) is 1.94. The van der Waals surface area contributed by atoms with Gasteiger partial charge in [-0.15, -0.1) is 0 Å². The van der Waals surface area contributed by atoms with Crippen LogP contribution in [0.25, 0.3) is 11.6 Å². The molecule has 0 bridgehead atoms. The number of nitrogen functional groups attached to an aromatic ring is 1. The van der Waals surface area contributed by atoms with E-state index in [1.54, 1.807) is 9.20 Å². The zero-order chi connectivity index (χ0) is 12.9. The highest BCUT2D eigenvalue weighted by atomic mass is 15.4. The Bertz CT molecular complexity index is 737. The van der Waals surface area contributed by atoms with Crippen molar-refractivity contribution in [3.05, 3.63) is 29.5 Å². The van der Waals surface area contributed by atoms with E-state index >= 15 is 0 Å². The second-order valence-electron chi connectivity index (χ2n) is 4.22. The van der Waals surface area contributed by atoms with Crippen LogP contribution in [0.3, 0.4) is 0 Å². The summed E-state index contributed by atoms with van der Waals surface area (Å²) < 4.78 is 3.41. The van der Waals surface area contributed by atoms with Crippen LogP contribution in [0.1, 0.15) is 17.1 Å². The van der Waals surface area contributed by atoms with Crippen molar-refractivity contribution in [2.24, 2.45) is 0 Å². The maximum absolute atomic E-state index is 5.95. The maximum Gasteiger partial charge on any atom is 0.254 e. The lowest BCUT2D eigenvalue weighted by Crippen LogP contribution is -2.09. The molecule has 0 atom stereocenters. The van der Waals surface area contributed by atoms with Gasteiger partial charge in [0.2, 0.25) is 0 Å². The van der Waals surface area contributed by atoms with Gasteiger partial charge in [-0.25, -0.2) is 9.67 Å². The zero-order valence-electron chi connectivity index (χ0n) is 10.4. The number of hydrogen-bond acceptors (Lipinski definition) is 5. The van der Waals surface area contributed by atoms with Gasteiger partial charge in [0.25, 0.3) is 5.78 Å². The number of aryl methyl sites for hydroxylation is 2. The molecule has 18 heavy (non-hydrogen) atoms. The molecule has 0 aliphatic carbocycles. The Balaban J connectivity index is 2.37. The molecule has 0 unspecified atom stereocenters. The molecule has 0 fully saturated rings. The predicted octanol–water partition coefficient (Wildman–Crippen LogP) is 0.817. The largest absolute Gasteiger partial charge is 0.396 e. The standard InChI is InChI=1S/C11H13N7/c1-6-4-9(18-11(15-6)13-5-14-18)17-8(3)10(12)7(2)16-17/h4-5H,12H2,1-3H3. The summed E-state index contributed by atoms with van der Waals surface area (Å²) in [6.45, 7) is 5.71. The molecule has 7 nitrogen and oxygen atoms in total. The molecule has 0 spiro atoms. The molecule has 0 radical (unpaired) electrons. The summed E-state index contributed by atoms with van der Waals surface area (Å²) in [4.78, 5) is 8.39. The van der Waals surface area contributed by atoms with Crippen molar-refractivity contribution in [3.63, 3.8) is 0 Å². The normalized spacial score (nSPS) is 11.3. The number of nitrogens with two attached hydrogens (primary N) is 1. The van der Waals surface area contributed by atoms with Gasteiger partial charge in [-0.05, 0) is 20.8 Å². The van der Waals surface area contributed by atoms with Gasteiger partial charge in [-0.2, -0.15) is 19.7 Å². The van der Waals surface area contributed by atoms with Crippen LogP contribution < -0.4 is 5.73 Å². The number of fused-ring (bicyclic) bond motifs is 1. The van der Waals surface area contributed by atoms with Gasteiger partial charge in [0.1, 0.15) is 6.33 Å². The minimum Gasteiger partial charge on any atom is -0.396 e. The van der Waals surface area contributed by atoms with Crippen LogP contribution in [0.5, 0.6) is 0 Å². The quantitative estimate of drug-likeness (QED) is 0.683. The van der Waals surface area contributed by atoms with Gasteiger partial charge in [0.05, 0.1) is 17.1 Å². The molecule has 0 aromatic carbocycles. The van der Waals surface area contributed by atoms with Gasteiger partial charge in [-0.1, -0.05) is 0 Å². The summed E-state index contributed by atoms with van der Waals surface area (Å²) in [5.74, 6) is 1.34. The van der Waals surface area contributed by atoms with Crippen LogP contribution in [0, 0.1) is 20.8 Å². The Labute approximate surface area is 103 Å². The molecule has 3 rings (SSSR count). The maximum atomic E-state index is 5.95. The van der Waals surface area contributed by atoms with Crippen LogP contribution in [0.2, 0.25) is 0 Å². The lowest BCUT2D eigenvalue weighted by Gasteiger charge is -2.07. The average Bonchev–Trinajstić information content (AvgIpc) is 2.88. The van der Waals surface area contributed by atoms with E-state index in [1.807, 2.05) is 26.8 Å². The van der Waals surface area contributed by atoms with Gasteiger partial charge in [0, 0.05) is 11.8 Å². The smallest absolute Gasteiger partial charge is 0.254 e. The van der Waals surface area contributed by atoms with Gasteiger partial charge in [-0.3, -0.25) is 0 Å². The van der Waals surface area contributed by atoms with Crippen molar-refractivity contribution < 1.29 is 0 Å². The summed E-state index contributed by atoms with van der Waals surface area (Å²) in [7, 11) is 0. The minimum atomic E-state index is 0.552. The first-order chi connectivity index (χ1) is 8.58. The van der Waals surface area contributed by atoms with E-state index in [2.05, 4.69) is 20.2 Å². The Morgan fingerprint density at radius 3 is 2.67 bits per heavy atom. The van der Waals surface area contributed by atoms with Crippen LogP contribution in [0.15, 0.2) is 12.4 Å². The van der Waals surface area contributed by atoms with Gasteiger partial charge < -0.3 is 5.73 Å². The molecule has 0 saturated carbocycles. The van der Waals surface area contributed by atoms with Crippen molar-refractivity contribution >= 4 is 11.5 Å². The highest BCUT2D eigenvalue weighted by molar-refractivity contribution is 5.50. The van der Waals surface area contributed by atoms with Crippen molar-refractivity contribution in [2.45, 2.75) is 20.8 Å².